The van der Waals surface area contributed by atoms with E-state index in [-0.39, 0.29) is 18.6 Å². The molecule has 1 atom stereocenters. The molecular formula is C9H10F2O2. The van der Waals surface area contributed by atoms with Crippen molar-refractivity contribution in [2.24, 2.45) is 0 Å². The zero-order valence-corrected chi connectivity index (χ0v) is 6.87. The van der Waals surface area contributed by atoms with Crippen LogP contribution in [-0.2, 0) is 0 Å². The molecule has 72 valence electrons. The van der Waals surface area contributed by atoms with E-state index in [9.17, 15) is 13.9 Å². The summed E-state index contributed by atoms with van der Waals surface area (Å²) in [6.45, 7) is -0.238. The lowest BCUT2D eigenvalue weighted by molar-refractivity contribution is 0.131. The van der Waals surface area contributed by atoms with Gasteiger partial charge >= 0.3 is 0 Å². The summed E-state index contributed by atoms with van der Waals surface area (Å²) >= 11 is 0. The predicted molar refractivity (Wildman–Crippen MR) is 43.0 cm³/mol. The molecule has 0 bridgehead atoms. The third kappa shape index (κ3) is 2.47. The van der Waals surface area contributed by atoms with Gasteiger partial charge in [-0.25, -0.2) is 8.78 Å². The highest BCUT2D eigenvalue weighted by atomic mass is 19.1. The molecule has 0 fully saturated rings. The first-order valence-corrected chi connectivity index (χ1v) is 3.89. The average molecular weight is 188 g/mol. The fourth-order valence-corrected chi connectivity index (χ4v) is 1.05. The van der Waals surface area contributed by atoms with Crippen molar-refractivity contribution in [2.75, 3.05) is 6.61 Å². The largest absolute Gasteiger partial charge is 0.396 e. The number of halogens is 2. The van der Waals surface area contributed by atoms with E-state index in [4.69, 9.17) is 5.11 Å². The first-order chi connectivity index (χ1) is 6.15. The molecule has 4 heteroatoms. The summed E-state index contributed by atoms with van der Waals surface area (Å²) in [7, 11) is 0. The molecule has 0 aliphatic rings. The van der Waals surface area contributed by atoms with Gasteiger partial charge in [-0.1, -0.05) is 6.07 Å². The molecule has 0 aliphatic carbocycles. The molecule has 1 aromatic rings. The van der Waals surface area contributed by atoms with Crippen molar-refractivity contribution in [2.45, 2.75) is 12.5 Å². The summed E-state index contributed by atoms with van der Waals surface area (Å²) in [6.07, 6.45) is -1.03. The van der Waals surface area contributed by atoms with E-state index in [0.717, 1.165) is 6.07 Å². The zero-order chi connectivity index (χ0) is 9.84. The zero-order valence-electron chi connectivity index (χ0n) is 6.87. The molecule has 1 rings (SSSR count). The number of hydrogen-bond donors (Lipinski definition) is 2. The van der Waals surface area contributed by atoms with Crippen LogP contribution < -0.4 is 0 Å². The SMILES string of the molecule is OCC[C@H](O)c1ccc(F)cc1F. The standard InChI is InChI=1S/C9H10F2O2/c10-6-1-2-7(8(11)5-6)9(13)3-4-12/h1-2,5,9,12-13H,3-4H2/t9-/m0/s1. The van der Waals surface area contributed by atoms with Crippen LogP contribution >= 0.6 is 0 Å². The van der Waals surface area contributed by atoms with E-state index in [1.54, 1.807) is 0 Å². The minimum Gasteiger partial charge on any atom is -0.396 e. The highest BCUT2D eigenvalue weighted by Gasteiger charge is 2.12. The van der Waals surface area contributed by atoms with E-state index >= 15 is 0 Å². The smallest absolute Gasteiger partial charge is 0.131 e. The molecule has 0 aliphatic heterocycles. The van der Waals surface area contributed by atoms with Gasteiger partial charge in [0.2, 0.25) is 0 Å². The van der Waals surface area contributed by atoms with Crippen molar-refractivity contribution in [3.63, 3.8) is 0 Å². The second kappa shape index (κ2) is 4.30. The third-order valence-corrected chi connectivity index (χ3v) is 1.72. The highest BCUT2D eigenvalue weighted by Crippen LogP contribution is 2.20. The lowest BCUT2D eigenvalue weighted by atomic mass is 10.1. The summed E-state index contributed by atoms with van der Waals surface area (Å²) in [5, 5.41) is 17.8. The Bertz CT molecular complexity index is 289. The number of aliphatic hydroxyl groups is 2. The Morgan fingerprint density at radius 1 is 1.31 bits per heavy atom. The highest BCUT2D eigenvalue weighted by molar-refractivity contribution is 5.20. The van der Waals surface area contributed by atoms with Crippen LogP contribution in [0.15, 0.2) is 18.2 Å². The van der Waals surface area contributed by atoms with Crippen LogP contribution in [0.3, 0.4) is 0 Å². The van der Waals surface area contributed by atoms with Crippen LogP contribution in [0.1, 0.15) is 18.1 Å². The van der Waals surface area contributed by atoms with Crippen LogP contribution in [0.2, 0.25) is 0 Å². The van der Waals surface area contributed by atoms with Crippen molar-refractivity contribution in [1.29, 1.82) is 0 Å². The molecule has 0 amide bonds. The van der Waals surface area contributed by atoms with Crippen LogP contribution in [0.25, 0.3) is 0 Å². The molecule has 0 saturated carbocycles. The fraction of sp³-hybridized carbons (Fsp3) is 0.333. The van der Waals surface area contributed by atoms with E-state index in [1.807, 2.05) is 0 Å². The molecule has 0 unspecified atom stereocenters. The van der Waals surface area contributed by atoms with E-state index in [1.165, 1.54) is 6.07 Å². The van der Waals surface area contributed by atoms with Gasteiger partial charge in [-0.3, -0.25) is 0 Å². The van der Waals surface area contributed by atoms with Crippen LogP contribution in [-0.4, -0.2) is 16.8 Å². The molecule has 0 radical (unpaired) electrons. The summed E-state index contributed by atoms with van der Waals surface area (Å²) < 4.78 is 25.4. The van der Waals surface area contributed by atoms with Crippen molar-refractivity contribution < 1.29 is 19.0 Å². The molecule has 0 spiro atoms. The summed E-state index contributed by atoms with van der Waals surface area (Å²) in [6, 6.07) is 2.94. The second-order valence-corrected chi connectivity index (χ2v) is 2.69. The van der Waals surface area contributed by atoms with Gasteiger partial charge in [0.1, 0.15) is 11.6 Å². The maximum atomic E-state index is 12.9. The lowest BCUT2D eigenvalue weighted by Gasteiger charge is -2.09. The molecule has 2 nitrogen and oxygen atoms in total. The average Bonchev–Trinajstić information content (AvgIpc) is 2.04. The second-order valence-electron chi connectivity index (χ2n) is 2.69. The van der Waals surface area contributed by atoms with Gasteiger partial charge in [0.05, 0.1) is 6.10 Å². The molecule has 13 heavy (non-hydrogen) atoms. The molecule has 2 N–H and O–H groups in total. The normalized spacial score (nSPS) is 12.9. The Labute approximate surface area is 74.4 Å². The Morgan fingerprint density at radius 2 is 2.00 bits per heavy atom. The van der Waals surface area contributed by atoms with Gasteiger partial charge in [-0.15, -0.1) is 0 Å². The quantitative estimate of drug-likeness (QED) is 0.752. The maximum absolute atomic E-state index is 12.9. The van der Waals surface area contributed by atoms with E-state index in [0.29, 0.717) is 6.07 Å². The molecule has 0 heterocycles. The predicted octanol–water partition coefficient (Wildman–Crippen LogP) is 1.38. The van der Waals surface area contributed by atoms with Crippen LogP contribution in [0, 0.1) is 11.6 Å². The monoisotopic (exact) mass is 188 g/mol. The lowest BCUT2D eigenvalue weighted by Crippen LogP contribution is -2.03. The first-order valence-electron chi connectivity index (χ1n) is 3.89. The molecular weight excluding hydrogens is 178 g/mol. The Hall–Kier alpha value is -1.00. The van der Waals surface area contributed by atoms with Gasteiger partial charge in [0.25, 0.3) is 0 Å². The summed E-state index contributed by atoms with van der Waals surface area (Å²) in [4.78, 5) is 0. The first kappa shape index (κ1) is 10.1. The Morgan fingerprint density at radius 3 is 2.54 bits per heavy atom. The van der Waals surface area contributed by atoms with Gasteiger partial charge in [-0.2, -0.15) is 0 Å². The molecule has 0 aromatic heterocycles. The van der Waals surface area contributed by atoms with Crippen molar-refractivity contribution >= 4 is 0 Å². The van der Waals surface area contributed by atoms with Gasteiger partial charge in [0.15, 0.2) is 0 Å². The third-order valence-electron chi connectivity index (χ3n) is 1.72. The van der Waals surface area contributed by atoms with E-state index in [2.05, 4.69) is 0 Å². The minimum atomic E-state index is -1.08. The number of hydrogen-bond acceptors (Lipinski definition) is 2. The van der Waals surface area contributed by atoms with Gasteiger partial charge in [-0.05, 0) is 6.07 Å². The topological polar surface area (TPSA) is 40.5 Å². The molecule has 0 saturated heterocycles. The van der Waals surface area contributed by atoms with Gasteiger partial charge in [0, 0.05) is 24.7 Å². The van der Waals surface area contributed by atoms with Crippen LogP contribution in [0.5, 0.6) is 0 Å². The van der Waals surface area contributed by atoms with Crippen molar-refractivity contribution in [3.8, 4) is 0 Å². The maximum Gasteiger partial charge on any atom is 0.131 e. The number of benzene rings is 1. The Kier molecular flexibility index (Phi) is 3.33. The van der Waals surface area contributed by atoms with E-state index < -0.39 is 17.7 Å². The Balaban J connectivity index is 2.88. The number of aliphatic hydroxyl groups excluding tert-OH is 2. The number of rotatable bonds is 3. The fourth-order valence-electron chi connectivity index (χ4n) is 1.05. The minimum absolute atomic E-state index is 0.00968. The summed E-state index contributed by atoms with van der Waals surface area (Å²) in [5.74, 6) is -1.47. The van der Waals surface area contributed by atoms with Gasteiger partial charge < -0.3 is 10.2 Å². The van der Waals surface area contributed by atoms with Crippen molar-refractivity contribution in [1.82, 2.24) is 0 Å². The van der Waals surface area contributed by atoms with Crippen molar-refractivity contribution in [3.05, 3.63) is 35.4 Å². The summed E-state index contributed by atoms with van der Waals surface area (Å²) in [5.41, 5.74) is 0.00968. The molecule has 1 aromatic carbocycles. The van der Waals surface area contributed by atoms with Crippen LogP contribution in [0.4, 0.5) is 8.78 Å².